The fraction of sp³-hybridized carbons (Fsp3) is 0.391. The van der Waals surface area contributed by atoms with Crippen LogP contribution < -0.4 is 5.32 Å². The normalized spacial score (nSPS) is 16.2. The van der Waals surface area contributed by atoms with Gasteiger partial charge < -0.3 is 10.1 Å². The average Bonchev–Trinajstić information content (AvgIpc) is 3.08. The largest absolute Gasteiger partial charge is 0.452 e. The van der Waals surface area contributed by atoms with Crippen LogP contribution in [0.4, 0.5) is 0 Å². The summed E-state index contributed by atoms with van der Waals surface area (Å²) in [5, 5.41) is 2.77. The lowest BCUT2D eigenvalue weighted by atomic mass is 10.1. The van der Waals surface area contributed by atoms with E-state index in [1.807, 2.05) is 37.3 Å². The first-order chi connectivity index (χ1) is 14.9. The Kier molecular flexibility index (Phi) is 7.81. The van der Waals surface area contributed by atoms with Crippen LogP contribution >= 0.6 is 0 Å². The summed E-state index contributed by atoms with van der Waals surface area (Å²) in [4.78, 5) is 24.6. The number of ether oxygens (including phenoxy) is 1. The number of benzene rings is 2. The quantitative estimate of drug-likeness (QED) is 0.662. The van der Waals surface area contributed by atoms with Gasteiger partial charge in [-0.05, 0) is 43.5 Å². The van der Waals surface area contributed by atoms with Crippen molar-refractivity contribution in [2.45, 2.75) is 43.5 Å². The van der Waals surface area contributed by atoms with Gasteiger partial charge in [-0.15, -0.1) is 0 Å². The minimum absolute atomic E-state index is 0.0611. The monoisotopic (exact) mass is 444 g/mol. The Morgan fingerprint density at radius 2 is 1.68 bits per heavy atom. The standard InChI is InChI=1S/C23H28N2O5S/c1-18(19-10-5-4-6-11-19)24-22(26)17-30-23(27)20-12-9-13-21(16-20)31(28,29)25-14-7-2-3-8-15-25/h4-6,9-13,16,18H,2-3,7-8,14-15,17H2,1H3,(H,24,26)/t18-/m1/s1. The molecule has 0 unspecified atom stereocenters. The van der Waals surface area contributed by atoms with Crippen LogP contribution in [0.5, 0.6) is 0 Å². The molecule has 8 heteroatoms. The lowest BCUT2D eigenvalue weighted by molar-refractivity contribution is -0.124. The van der Waals surface area contributed by atoms with E-state index >= 15 is 0 Å². The van der Waals surface area contributed by atoms with Gasteiger partial charge in [0.25, 0.3) is 5.91 Å². The highest BCUT2D eigenvalue weighted by Crippen LogP contribution is 2.21. The summed E-state index contributed by atoms with van der Waals surface area (Å²) in [6.07, 6.45) is 3.70. The first kappa shape index (κ1) is 23.0. The van der Waals surface area contributed by atoms with Gasteiger partial charge in [0, 0.05) is 13.1 Å². The first-order valence-corrected chi connectivity index (χ1v) is 11.9. The first-order valence-electron chi connectivity index (χ1n) is 10.5. The second kappa shape index (κ2) is 10.5. The van der Waals surface area contributed by atoms with Crippen molar-refractivity contribution in [3.63, 3.8) is 0 Å². The second-order valence-corrected chi connectivity index (χ2v) is 9.56. The Morgan fingerprint density at radius 3 is 2.35 bits per heavy atom. The highest BCUT2D eigenvalue weighted by Gasteiger charge is 2.26. The van der Waals surface area contributed by atoms with Gasteiger partial charge in [-0.2, -0.15) is 4.31 Å². The van der Waals surface area contributed by atoms with E-state index in [1.54, 1.807) is 0 Å². The molecule has 3 rings (SSSR count). The molecule has 1 amide bonds. The van der Waals surface area contributed by atoms with Gasteiger partial charge in [-0.3, -0.25) is 4.79 Å². The third kappa shape index (κ3) is 6.15. The average molecular weight is 445 g/mol. The SMILES string of the molecule is C[C@@H](NC(=O)COC(=O)c1cccc(S(=O)(=O)N2CCCCCC2)c1)c1ccccc1. The van der Waals surface area contributed by atoms with Crippen LogP contribution in [0.1, 0.15) is 54.6 Å². The van der Waals surface area contributed by atoms with Crippen LogP contribution in [0.3, 0.4) is 0 Å². The summed E-state index contributed by atoms with van der Waals surface area (Å²) in [5.74, 6) is -1.17. The van der Waals surface area contributed by atoms with Gasteiger partial charge >= 0.3 is 5.97 Å². The third-order valence-electron chi connectivity index (χ3n) is 5.28. The number of hydrogen-bond donors (Lipinski definition) is 1. The number of rotatable bonds is 7. The van der Waals surface area contributed by atoms with Crippen molar-refractivity contribution in [1.82, 2.24) is 9.62 Å². The molecule has 166 valence electrons. The van der Waals surface area contributed by atoms with Gasteiger partial charge in [-0.1, -0.05) is 49.2 Å². The molecule has 2 aromatic rings. The summed E-state index contributed by atoms with van der Waals surface area (Å²) in [5.41, 5.74) is 1.04. The number of nitrogens with zero attached hydrogens (tertiary/aromatic N) is 1. The maximum Gasteiger partial charge on any atom is 0.338 e. The minimum atomic E-state index is -3.67. The van der Waals surface area contributed by atoms with Crippen molar-refractivity contribution in [1.29, 1.82) is 0 Å². The van der Waals surface area contributed by atoms with Gasteiger partial charge in [-0.25, -0.2) is 13.2 Å². The Balaban J connectivity index is 1.60. The zero-order valence-corrected chi connectivity index (χ0v) is 18.4. The minimum Gasteiger partial charge on any atom is -0.452 e. The summed E-state index contributed by atoms with van der Waals surface area (Å²) < 4.78 is 32.5. The highest BCUT2D eigenvalue weighted by atomic mass is 32.2. The molecule has 2 aromatic carbocycles. The van der Waals surface area contributed by atoms with Crippen LogP contribution in [-0.4, -0.2) is 44.3 Å². The molecule has 1 atom stereocenters. The molecule has 1 N–H and O–H groups in total. The fourth-order valence-electron chi connectivity index (χ4n) is 3.54. The molecule has 7 nitrogen and oxygen atoms in total. The van der Waals surface area contributed by atoms with Gasteiger partial charge in [0.05, 0.1) is 16.5 Å². The van der Waals surface area contributed by atoms with Crippen molar-refractivity contribution in [3.8, 4) is 0 Å². The molecule has 31 heavy (non-hydrogen) atoms. The Morgan fingerprint density at radius 1 is 1.00 bits per heavy atom. The molecule has 1 aliphatic rings. The molecule has 1 saturated heterocycles. The summed E-state index contributed by atoms with van der Waals surface area (Å²) in [7, 11) is -3.67. The van der Waals surface area contributed by atoms with Crippen LogP contribution in [0.15, 0.2) is 59.5 Å². The Bertz CT molecular complexity index is 1000. The van der Waals surface area contributed by atoms with E-state index in [0.29, 0.717) is 13.1 Å². The van der Waals surface area contributed by atoms with E-state index in [-0.39, 0.29) is 16.5 Å². The van der Waals surface area contributed by atoms with Gasteiger partial charge in [0.1, 0.15) is 0 Å². The topological polar surface area (TPSA) is 92.8 Å². The smallest absolute Gasteiger partial charge is 0.338 e. The summed E-state index contributed by atoms with van der Waals surface area (Å²) in [6.45, 7) is 2.36. The van der Waals surface area contributed by atoms with Crippen molar-refractivity contribution in [2.24, 2.45) is 0 Å². The molecule has 1 aliphatic heterocycles. The highest BCUT2D eigenvalue weighted by molar-refractivity contribution is 7.89. The van der Waals surface area contributed by atoms with Crippen LogP contribution in [0.2, 0.25) is 0 Å². The lowest BCUT2D eigenvalue weighted by Crippen LogP contribution is -2.32. The van der Waals surface area contributed by atoms with Crippen molar-refractivity contribution >= 4 is 21.9 Å². The van der Waals surface area contributed by atoms with E-state index in [2.05, 4.69) is 5.32 Å². The molecule has 0 saturated carbocycles. The third-order valence-corrected chi connectivity index (χ3v) is 7.18. The van der Waals surface area contributed by atoms with E-state index in [4.69, 9.17) is 4.74 Å². The second-order valence-electron chi connectivity index (χ2n) is 7.62. The molecule has 0 aromatic heterocycles. The zero-order chi connectivity index (χ0) is 22.3. The number of nitrogens with one attached hydrogen (secondary N) is 1. The van der Waals surface area contributed by atoms with Crippen molar-refractivity contribution in [2.75, 3.05) is 19.7 Å². The summed E-state index contributed by atoms with van der Waals surface area (Å²) >= 11 is 0. The molecule has 1 fully saturated rings. The maximum absolute atomic E-state index is 12.9. The molecule has 0 aliphatic carbocycles. The number of sulfonamides is 1. The number of carbonyl (C=O) groups excluding carboxylic acids is 2. The van der Waals surface area contributed by atoms with E-state index in [1.165, 1.54) is 28.6 Å². The van der Waals surface area contributed by atoms with Crippen molar-refractivity contribution < 1.29 is 22.7 Å². The molecular weight excluding hydrogens is 416 g/mol. The number of amides is 1. The predicted molar refractivity (Wildman–Crippen MR) is 117 cm³/mol. The predicted octanol–water partition coefficient (Wildman–Crippen LogP) is 3.29. The van der Waals surface area contributed by atoms with E-state index < -0.39 is 28.5 Å². The molecule has 1 heterocycles. The molecule has 0 radical (unpaired) electrons. The van der Waals surface area contributed by atoms with Crippen LogP contribution in [-0.2, 0) is 19.6 Å². The Labute approximate surface area is 183 Å². The van der Waals surface area contributed by atoms with Crippen LogP contribution in [0, 0.1) is 0 Å². The molecular formula is C23H28N2O5S. The summed E-state index contributed by atoms with van der Waals surface area (Å²) in [6, 6.07) is 15.0. The zero-order valence-electron chi connectivity index (χ0n) is 17.6. The number of esters is 1. The fourth-order valence-corrected chi connectivity index (χ4v) is 5.10. The van der Waals surface area contributed by atoms with Gasteiger partial charge in [0.2, 0.25) is 10.0 Å². The number of carbonyl (C=O) groups is 2. The lowest BCUT2D eigenvalue weighted by Gasteiger charge is -2.20. The Hall–Kier alpha value is -2.71. The van der Waals surface area contributed by atoms with Gasteiger partial charge in [0.15, 0.2) is 6.61 Å². The van der Waals surface area contributed by atoms with Crippen LogP contribution in [0.25, 0.3) is 0 Å². The van der Waals surface area contributed by atoms with Crippen molar-refractivity contribution in [3.05, 3.63) is 65.7 Å². The maximum atomic E-state index is 12.9. The molecule has 0 spiro atoms. The molecule has 0 bridgehead atoms. The van der Waals surface area contributed by atoms with E-state index in [9.17, 15) is 18.0 Å². The number of hydrogen-bond acceptors (Lipinski definition) is 5. The van der Waals surface area contributed by atoms with E-state index in [0.717, 1.165) is 31.2 Å².